The maximum atomic E-state index is 4.23. The van der Waals surface area contributed by atoms with Crippen LogP contribution in [-0.2, 0) is 6.54 Å². The molecule has 1 heterocycles. The highest BCUT2D eigenvalue weighted by Crippen LogP contribution is 2.28. The summed E-state index contributed by atoms with van der Waals surface area (Å²) >= 11 is 1.67. The van der Waals surface area contributed by atoms with Gasteiger partial charge in [0.2, 0.25) is 0 Å². The Kier molecular flexibility index (Phi) is 4.53. The smallest absolute Gasteiger partial charge is 0.116 e. The summed E-state index contributed by atoms with van der Waals surface area (Å²) in [5.41, 5.74) is 1.30. The van der Waals surface area contributed by atoms with Crippen LogP contribution in [0.5, 0.6) is 0 Å². The lowest BCUT2D eigenvalue weighted by molar-refractivity contribution is 0.718. The molecular weight excluding hydrogens is 230 g/mol. The van der Waals surface area contributed by atoms with E-state index < -0.39 is 0 Å². The van der Waals surface area contributed by atoms with Crippen LogP contribution in [0.3, 0.4) is 0 Å². The molecule has 0 radical (unpaired) electrons. The summed E-state index contributed by atoms with van der Waals surface area (Å²) in [6.07, 6.45) is 3.34. The van der Waals surface area contributed by atoms with Gasteiger partial charge in [0.05, 0.1) is 0 Å². The Morgan fingerprint density at radius 2 is 2.12 bits per heavy atom. The molecule has 2 rings (SSSR count). The average Bonchev–Trinajstić information content (AvgIpc) is 2.39. The van der Waals surface area contributed by atoms with Gasteiger partial charge in [0.1, 0.15) is 11.4 Å². The fourth-order valence-electron chi connectivity index (χ4n) is 1.46. The largest absolute Gasteiger partial charge is 0.313 e. The fourth-order valence-corrected chi connectivity index (χ4v) is 2.33. The van der Waals surface area contributed by atoms with E-state index in [4.69, 9.17) is 0 Å². The minimum absolute atomic E-state index is 0.894. The van der Waals surface area contributed by atoms with Gasteiger partial charge < -0.3 is 5.32 Å². The van der Waals surface area contributed by atoms with E-state index in [1.54, 1.807) is 24.3 Å². The van der Waals surface area contributed by atoms with E-state index in [2.05, 4.69) is 46.5 Å². The predicted octanol–water partition coefficient (Wildman–Crippen LogP) is 2.74. The monoisotopic (exact) mass is 245 g/mol. The highest BCUT2D eigenvalue weighted by molar-refractivity contribution is 7.99. The number of rotatable bonds is 5. The molecule has 1 aromatic heterocycles. The van der Waals surface area contributed by atoms with Crippen molar-refractivity contribution in [3.8, 4) is 0 Å². The van der Waals surface area contributed by atoms with Crippen LogP contribution in [0.1, 0.15) is 12.5 Å². The van der Waals surface area contributed by atoms with Crippen molar-refractivity contribution in [1.82, 2.24) is 15.3 Å². The molecule has 3 nitrogen and oxygen atoms in total. The van der Waals surface area contributed by atoms with Crippen molar-refractivity contribution in [2.45, 2.75) is 23.4 Å². The van der Waals surface area contributed by atoms with Crippen LogP contribution >= 0.6 is 11.8 Å². The van der Waals surface area contributed by atoms with Crippen LogP contribution in [0.25, 0.3) is 0 Å². The van der Waals surface area contributed by atoms with Crippen molar-refractivity contribution < 1.29 is 0 Å². The van der Waals surface area contributed by atoms with E-state index >= 15 is 0 Å². The highest BCUT2D eigenvalue weighted by Gasteiger charge is 2.03. The van der Waals surface area contributed by atoms with Gasteiger partial charge in [-0.25, -0.2) is 9.97 Å². The van der Waals surface area contributed by atoms with Crippen molar-refractivity contribution in [3.63, 3.8) is 0 Å². The molecule has 0 spiro atoms. The summed E-state index contributed by atoms with van der Waals surface area (Å²) in [6.45, 7) is 3.98. The molecule has 0 saturated heterocycles. The summed E-state index contributed by atoms with van der Waals surface area (Å²) in [6, 6.07) is 10.3. The van der Waals surface area contributed by atoms with E-state index in [0.717, 1.165) is 18.1 Å². The molecule has 0 saturated carbocycles. The van der Waals surface area contributed by atoms with Gasteiger partial charge in [0.15, 0.2) is 0 Å². The van der Waals surface area contributed by atoms with Gasteiger partial charge >= 0.3 is 0 Å². The van der Waals surface area contributed by atoms with Crippen LogP contribution in [0.15, 0.2) is 52.8 Å². The van der Waals surface area contributed by atoms with Crippen molar-refractivity contribution in [2.24, 2.45) is 0 Å². The molecule has 0 bridgehead atoms. The number of nitrogens with one attached hydrogen (secondary N) is 1. The zero-order chi connectivity index (χ0) is 11.9. The highest BCUT2D eigenvalue weighted by atomic mass is 32.2. The van der Waals surface area contributed by atoms with Crippen LogP contribution < -0.4 is 5.32 Å². The molecule has 2 aromatic rings. The molecule has 0 fully saturated rings. The van der Waals surface area contributed by atoms with Crippen molar-refractivity contribution >= 4 is 11.8 Å². The molecule has 88 valence electrons. The molecule has 17 heavy (non-hydrogen) atoms. The van der Waals surface area contributed by atoms with Crippen LogP contribution in [0.2, 0.25) is 0 Å². The second-order valence-corrected chi connectivity index (χ2v) is 4.60. The SMILES string of the molecule is CCNCc1ccccc1Sc1ccncn1. The molecular formula is C13H15N3S. The van der Waals surface area contributed by atoms with Gasteiger partial charge in [-0.1, -0.05) is 36.9 Å². The molecule has 0 atom stereocenters. The lowest BCUT2D eigenvalue weighted by Gasteiger charge is -2.08. The predicted molar refractivity (Wildman–Crippen MR) is 70.0 cm³/mol. The van der Waals surface area contributed by atoms with E-state index in [9.17, 15) is 0 Å². The summed E-state index contributed by atoms with van der Waals surface area (Å²) < 4.78 is 0. The zero-order valence-electron chi connectivity index (χ0n) is 9.76. The number of hydrogen-bond acceptors (Lipinski definition) is 4. The molecule has 0 aliphatic carbocycles. The van der Waals surface area contributed by atoms with Gasteiger partial charge in [0.25, 0.3) is 0 Å². The average molecular weight is 245 g/mol. The molecule has 0 aliphatic rings. The van der Waals surface area contributed by atoms with E-state index in [-0.39, 0.29) is 0 Å². The van der Waals surface area contributed by atoms with Crippen LogP contribution in [0, 0.1) is 0 Å². The van der Waals surface area contributed by atoms with Crippen molar-refractivity contribution in [1.29, 1.82) is 0 Å². The topological polar surface area (TPSA) is 37.8 Å². The standard InChI is InChI=1S/C13H15N3S/c1-2-14-9-11-5-3-4-6-12(11)17-13-7-8-15-10-16-13/h3-8,10,14H,2,9H2,1H3. The summed E-state index contributed by atoms with van der Waals surface area (Å²) in [5, 5.41) is 4.32. The zero-order valence-corrected chi connectivity index (χ0v) is 10.6. The van der Waals surface area contributed by atoms with E-state index in [1.165, 1.54) is 10.5 Å². The number of nitrogens with zero attached hydrogens (tertiary/aromatic N) is 2. The summed E-state index contributed by atoms with van der Waals surface area (Å²) in [7, 11) is 0. The third-order valence-corrected chi connectivity index (χ3v) is 3.38. The maximum absolute atomic E-state index is 4.23. The Morgan fingerprint density at radius 1 is 1.24 bits per heavy atom. The first kappa shape index (κ1) is 12.1. The first-order valence-corrected chi connectivity index (χ1v) is 6.44. The van der Waals surface area contributed by atoms with Gasteiger partial charge in [-0.15, -0.1) is 0 Å². The molecule has 0 aliphatic heterocycles. The van der Waals surface area contributed by atoms with Gasteiger partial charge in [0, 0.05) is 17.6 Å². The van der Waals surface area contributed by atoms with Gasteiger partial charge in [-0.05, 0) is 24.2 Å². The first-order chi connectivity index (χ1) is 8.40. The van der Waals surface area contributed by atoms with Crippen LogP contribution in [0.4, 0.5) is 0 Å². The molecule has 0 unspecified atom stereocenters. The second kappa shape index (κ2) is 6.37. The van der Waals surface area contributed by atoms with Gasteiger partial charge in [-0.2, -0.15) is 0 Å². The first-order valence-electron chi connectivity index (χ1n) is 5.62. The summed E-state index contributed by atoms with van der Waals surface area (Å²) in [4.78, 5) is 9.39. The number of hydrogen-bond donors (Lipinski definition) is 1. The third kappa shape index (κ3) is 3.54. The Hall–Kier alpha value is -1.39. The van der Waals surface area contributed by atoms with Gasteiger partial charge in [-0.3, -0.25) is 0 Å². The Balaban J connectivity index is 2.15. The van der Waals surface area contributed by atoms with Crippen molar-refractivity contribution in [2.75, 3.05) is 6.54 Å². The maximum Gasteiger partial charge on any atom is 0.116 e. The van der Waals surface area contributed by atoms with Crippen molar-refractivity contribution in [3.05, 3.63) is 48.4 Å². The molecule has 4 heteroatoms. The normalized spacial score (nSPS) is 10.4. The minimum Gasteiger partial charge on any atom is -0.313 e. The lowest BCUT2D eigenvalue weighted by Crippen LogP contribution is -2.12. The Morgan fingerprint density at radius 3 is 2.88 bits per heavy atom. The molecule has 0 amide bonds. The van der Waals surface area contributed by atoms with E-state index in [0.29, 0.717) is 0 Å². The lowest BCUT2D eigenvalue weighted by atomic mass is 10.2. The second-order valence-electron chi connectivity index (χ2n) is 3.54. The fraction of sp³-hybridized carbons (Fsp3) is 0.231. The quantitative estimate of drug-likeness (QED) is 0.822. The Labute approximate surface area is 106 Å². The van der Waals surface area contributed by atoms with Crippen LogP contribution in [-0.4, -0.2) is 16.5 Å². The molecule has 1 N–H and O–H groups in total. The summed E-state index contributed by atoms with van der Waals surface area (Å²) in [5.74, 6) is 0. The Bertz CT molecular complexity index is 459. The minimum atomic E-state index is 0.894. The molecule has 1 aromatic carbocycles. The third-order valence-electron chi connectivity index (χ3n) is 2.31. The van der Waals surface area contributed by atoms with E-state index in [1.807, 2.05) is 6.07 Å². The number of aromatic nitrogens is 2. The number of benzene rings is 1.